The maximum atomic E-state index is 11.8. The molecule has 0 atom stereocenters. The summed E-state index contributed by atoms with van der Waals surface area (Å²) in [7, 11) is 0. The van der Waals surface area contributed by atoms with E-state index in [0.717, 1.165) is 4.90 Å². The van der Waals surface area contributed by atoms with Gasteiger partial charge in [0.2, 0.25) is 0 Å². The Morgan fingerprint density at radius 3 is 1.59 bits per heavy atom. The first kappa shape index (κ1) is 13.7. The summed E-state index contributed by atoms with van der Waals surface area (Å²) in [5.74, 6) is 0. The molecule has 0 bridgehead atoms. The number of urea groups is 2. The van der Waals surface area contributed by atoms with Gasteiger partial charge < -0.3 is 25.1 Å². The van der Waals surface area contributed by atoms with Crippen LogP contribution in [0.1, 0.15) is 0 Å². The van der Waals surface area contributed by atoms with Gasteiger partial charge in [0.1, 0.15) is 0 Å². The largest absolute Gasteiger partial charge is 0.395 e. The molecule has 0 aromatic carbocycles. The average Bonchev–Trinajstić information content (AvgIpc) is 2.31. The van der Waals surface area contributed by atoms with Crippen LogP contribution in [0, 0.1) is 0 Å². The highest BCUT2D eigenvalue weighted by Crippen LogP contribution is 2.12. The van der Waals surface area contributed by atoms with Gasteiger partial charge in [0.15, 0.2) is 0 Å². The molecule has 0 unspecified atom stereocenters. The number of imide groups is 1. The summed E-state index contributed by atoms with van der Waals surface area (Å²) in [6.45, 7) is -0.578. The molecule has 98 valence electrons. The summed E-state index contributed by atoms with van der Waals surface area (Å²) in [6, 6.07) is -1.07. The molecule has 0 aromatic rings. The van der Waals surface area contributed by atoms with Crippen LogP contribution in [0.2, 0.25) is 0 Å². The third kappa shape index (κ3) is 3.05. The summed E-state index contributed by atoms with van der Waals surface area (Å²) in [4.78, 5) is 27.0. The fourth-order valence-corrected chi connectivity index (χ4v) is 1.62. The van der Waals surface area contributed by atoms with Gasteiger partial charge in [-0.1, -0.05) is 0 Å². The second-order valence-electron chi connectivity index (χ2n) is 3.56. The number of rotatable bonds is 6. The highest BCUT2D eigenvalue weighted by molar-refractivity contribution is 5.95. The summed E-state index contributed by atoms with van der Waals surface area (Å²) >= 11 is 0. The molecular formula is C9H17N3O5. The van der Waals surface area contributed by atoms with Gasteiger partial charge in [-0.2, -0.15) is 0 Å². The lowest BCUT2D eigenvalue weighted by Gasteiger charge is -2.40. The quantitative estimate of drug-likeness (QED) is 0.507. The Morgan fingerprint density at radius 2 is 1.24 bits per heavy atom. The molecule has 1 fully saturated rings. The van der Waals surface area contributed by atoms with E-state index in [1.807, 2.05) is 0 Å². The average molecular weight is 247 g/mol. The Kier molecular flexibility index (Phi) is 5.13. The minimum Gasteiger partial charge on any atom is -0.395 e. The monoisotopic (exact) mass is 247 g/mol. The van der Waals surface area contributed by atoms with Gasteiger partial charge in [0.25, 0.3) is 0 Å². The van der Waals surface area contributed by atoms with Crippen molar-refractivity contribution < 1.29 is 24.9 Å². The second kappa shape index (κ2) is 6.38. The third-order valence-corrected chi connectivity index (χ3v) is 2.41. The smallest absolute Gasteiger partial charge is 0.329 e. The zero-order chi connectivity index (χ0) is 12.8. The van der Waals surface area contributed by atoms with Gasteiger partial charge in [-0.05, 0) is 0 Å². The first-order valence-corrected chi connectivity index (χ1v) is 5.33. The molecule has 1 heterocycles. The van der Waals surface area contributed by atoms with Crippen molar-refractivity contribution in [2.24, 2.45) is 0 Å². The number of β-amino-alcohol motifs (C(OH)–C–C–N with tert-alkyl or cyclic N) is 3. The lowest BCUT2D eigenvalue weighted by Crippen LogP contribution is -2.62. The van der Waals surface area contributed by atoms with Gasteiger partial charge in [0, 0.05) is 13.1 Å². The number of carbonyl (C=O) groups excluding carboxylic acids is 2. The third-order valence-electron chi connectivity index (χ3n) is 2.41. The molecule has 3 N–H and O–H groups in total. The van der Waals surface area contributed by atoms with E-state index in [0.29, 0.717) is 0 Å². The molecule has 17 heavy (non-hydrogen) atoms. The van der Waals surface area contributed by atoms with E-state index >= 15 is 0 Å². The van der Waals surface area contributed by atoms with Crippen molar-refractivity contribution in [1.82, 2.24) is 14.7 Å². The van der Waals surface area contributed by atoms with Gasteiger partial charge >= 0.3 is 12.1 Å². The van der Waals surface area contributed by atoms with Crippen molar-refractivity contribution in [1.29, 1.82) is 0 Å². The van der Waals surface area contributed by atoms with Crippen LogP contribution in [0.5, 0.6) is 0 Å². The number of nitrogens with zero attached hydrogens (tertiary/aromatic N) is 3. The fourth-order valence-electron chi connectivity index (χ4n) is 1.62. The highest BCUT2D eigenvalue weighted by Gasteiger charge is 2.35. The molecule has 0 aromatic heterocycles. The van der Waals surface area contributed by atoms with Crippen LogP contribution in [-0.2, 0) is 0 Å². The lowest BCUT2D eigenvalue weighted by atomic mass is 10.4. The van der Waals surface area contributed by atoms with Crippen LogP contribution >= 0.6 is 0 Å². The number of aliphatic hydroxyl groups is 3. The molecule has 4 amide bonds. The minimum absolute atomic E-state index is 0.0424. The van der Waals surface area contributed by atoms with Gasteiger partial charge in [0.05, 0.1) is 33.0 Å². The highest BCUT2D eigenvalue weighted by atomic mass is 16.3. The van der Waals surface area contributed by atoms with E-state index in [-0.39, 0.29) is 46.1 Å². The first-order chi connectivity index (χ1) is 8.15. The molecule has 1 saturated heterocycles. The topological polar surface area (TPSA) is 105 Å². The summed E-state index contributed by atoms with van der Waals surface area (Å²) in [5.41, 5.74) is 0. The maximum absolute atomic E-state index is 11.8. The first-order valence-electron chi connectivity index (χ1n) is 5.33. The molecule has 1 aliphatic heterocycles. The van der Waals surface area contributed by atoms with Crippen molar-refractivity contribution in [3.63, 3.8) is 0 Å². The standard InChI is InChI=1S/C9H17N3O5/c13-4-1-10-7-11(2-5-14)9(17)12(3-6-15)8(10)16/h13-15H,1-7H2. The van der Waals surface area contributed by atoms with Crippen molar-refractivity contribution in [2.45, 2.75) is 0 Å². The fraction of sp³-hybridized carbons (Fsp3) is 0.778. The molecule has 0 saturated carbocycles. The normalized spacial score (nSPS) is 17.0. The molecule has 0 radical (unpaired) electrons. The second-order valence-corrected chi connectivity index (χ2v) is 3.56. The van der Waals surface area contributed by atoms with E-state index < -0.39 is 12.1 Å². The minimum atomic E-state index is -0.535. The van der Waals surface area contributed by atoms with Crippen LogP contribution in [0.3, 0.4) is 0 Å². The molecule has 1 rings (SSSR count). The van der Waals surface area contributed by atoms with Crippen LogP contribution in [0.15, 0.2) is 0 Å². The molecular weight excluding hydrogens is 230 g/mol. The van der Waals surface area contributed by atoms with Gasteiger partial charge in [-0.3, -0.25) is 0 Å². The van der Waals surface area contributed by atoms with Crippen molar-refractivity contribution in [3.05, 3.63) is 0 Å². The molecule has 8 heteroatoms. The van der Waals surface area contributed by atoms with E-state index in [9.17, 15) is 9.59 Å². The van der Waals surface area contributed by atoms with Crippen molar-refractivity contribution in [3.8, 4) is 0 Å². The van der Waals surface area contributed by atoms with Crippen molar-refractivity contribution in [2.75, 3.05) is 46.1 Å². The summed E-state index contributed by atoms with van der Waals surface area (Å²) in [5, 5.41) is 26.4. The molecule has 0 spiro atoms. The number of hydrogen-bond donors (Lipinski definition) is 3. The van der Waals surface area contributed by atoms with Crippen LogP contribution in [0.25, 0.3) is 0 Å². The Bertz CT molecular complexity index is 262. The number of hydrogen-bond acceptors (Lipinski definition) is 5. The number of aliphatic hydroxyl groups excluding tert-OH is 3. The van der Waals surface area contributed by atoms with E-state index in [1.165, 1.54) is 9.80 Å². The zero-order valence-electron chi connectivity index (χ0n) is 9.45. The van der Waals surface area contributed by atoms with E-state index in [1.54, 1.807) is 0 Å². The predicted octanol–water partition coefficient (Wildman–Crippen LogP) is -1.92. The zero-order valence-corrected chi connectivity index (χ0v) is 9.45. The van der Waals surface area contributed by atoms with Crippen LogP contribution in [0.4, 0.5) is 9.59 Å². The lowest BCUT2D eigenvalue weighted by molar-refractivity contribution is 0.0585. The van der Waals surface area contributed by atoms with E-state index in [4.69, 9.17) is 15.3 Å². The molecule has 8 nitrogen and oxygen atoms in total. The maximum Gasteiger partial charge on any atom is 0.329 e. The Balaban J connectivity index is 2.79. The SMILES string of the molecule is O=C1N(CCO)CN(CCO)C(=O)N1CCO. The van der Waals surface area contributed by atoms with Gasteiger partial charge in [-0.25, -0.2) is 14.5 Å². The van der Waals surface area contributed by atoms with Crippen LogP contribution in [-0.4, -0.2) is 88.2 Å². The number of amides is 4. The Morgan fingerprint density at radius 1 is 0.824 bits per heavy atom. The predicted molar refractivity (Wildman–Crippen MR) is 57.0 cm³/mol. The Hall–Kier alpha value is -1.38. The summed E-state index contributed by atoms with van der Waals surface area (Å²) in [6.07, 6.45) is 0. The molecule has 1 aliphatic rings. The molecule has 0 aliphatic carbocycles. The summed E-state index contributed by atoms with van der Waals surface area (Å²) < 4.78 is 0. The van der Waals surface area contributed by atoms with Crippen molar-refractivity contribution >= 4 is 12.1 Å². The van der Waals surface area contributed by atoms with E-state index in [2.05, 4.69) is 0 Å². The van der Waals surface area contributed by atoms with Crippen LogP contribution < -0.4 is 0 Å². The Labute approximate surface area is 98.6 Å². The van der Waals surface area contributed by atoms with Gasteiger partial charge in [-0.15, -0.1) is 0 Å². The number of carbonyl (C=O) groups is 2.